The predicted molar refractivity (Wildman–Crippen MR) is 123 cm³/mol. The van der Waals surface area contributed by atoms with Crippen LogP contribution in [0.4, 0.5) is 4.39 Å². The molecule has 0 saturated heterocycles. The molecule has 1 amide bonds. The predicted octanol–water partition coefficient (Wildman–Crippen LogP) is 5.64. The van der Waals surface area contributed by atoms with Crippen molar-refractivity contribution in [3.05, 3.63) is 93.8 Å². The Bertz CT molecular complexity index is 1370. The number of carbonyl (C=O) groups excluding carboxylic acids is 1. The summed E-state index contributed by atoms with van der Waals surface area (Å²) in [6.45, 7) is 0.420. The van der Waals surface area contributed by atoms with Crippen LogP contribution >= 0.6 is 23.2 Å². The van der Waals surface area contributed by atoms with Gasteiger partial charge in [-0.25, -0.2) is 9.07 Å². The molecule has 1 aromatic heterocycles. The van der Waals surface area contributed by atoms with Crippen molar-refractivity contribution >= 4 is 29.1 Å². The summed E-state index contributed by atoms with van der Waals surface area (Å²) in [6, 6.07) is 18.1. The van der Waals surface area contributed by atoms with E-state index in [1.807, 2.05) is 12.1 Å². The number of hydrogen-bond donors (Lipinski definition) is 1. The third kappa shape index (κ3) is 4.25. The molecule has 3 aromatic carbocycles. The van der Waals surface area contributed by atoms with Crippen molar-refractivity contribution in [2.45, 2.75) is 6.54 Å². The van der Waals surface area contributed by atoms with Crippen LogP contribution in [0.3, 0.4) is 0 Å². The van der Waals surface area contributed by atoms with E-state index in [-0.39, 0.29) is 24.6 Å². The normalized spacial score (nSPS) is 12.1. The molecule has 0 unspecified atom stereocenters. The van der Waals surface area contributed by atoms with Crippen LogP contribution in [0.15, 0.2) is 66.7 Å². The smallest absolute Gasteiger partial charge is 0.270 e. The maximum atomic E-state index is 14.4. The van der Waals surface area contributed by atoms with Gasteiger partial charge in [0.05, 0.1) is 21.4 Å². The van der Waals surface area contributed by atoms with E-state index < -0.39 is 11.7 Å². The zero-order chi connectivity index (χ0) is 22.9. The highest BCUT2D eigenvalue weighted by atomic mass is 35.5. The number of hydrogen-bond acceptors (Lipinski definition) is 4. The maximum Gasteiger partial charge on any atom is 0.270 e. The molecule has 1 N–H and O–H groups in total. The number of rotatable bonds is 5. The van der Waals surface area contributed by atoms with Gasteiger partial charge in [-0.15, -0.1) is 0 Å². The molecule has 2 heterocycles. The van der Waals surface area contributed by atoms with E-state index in [1.165, 1.54) is 16.8 Å². The molecule has 4 aromatic rings. The summed E-state index contributed by atoms with van der Waals surface area (Å²) < 4.78 is 26.5. The van der Waals surface area contributed by atoms with Crippen molar-refractivity contribution in [2.24, 2.45) is 0 Å². The van der Waals surface area contributed by atoms with Gasteiger partial charge in [0.15, 0.2) is 11.5 Å². The lowest BCUT2D eigenvalue weighted by atomic mass is 10.1. The first-order valence-electron chi connectivity index (χ1n) is 9.97. The fraction of sp³-hybridized carbons (Fsp3) is 0.0833. The van der Waals surface area contributed by atoms with Gasteiger partial charge < -0.3 is 14.8 Å². The van der Waals surface area contributed by atoms with Gasteiger partial charge in [0, 0.05) is 12.1 Å². The molecule has 0 fully saturated rings. The number of benzene rings is 3. The molecule has 5 rings (SSSR count). The van der Waals surface area contributed by atoms with Crippen LogP contribution < -0.4 is 14.8 Å². The fourth-order valence-corrected chi connectivity index (χ4v) is 3.77. The Morgan fingerprint density at radius 2 is 1.82 bits per heavy atom. The number of carbonyl (C=O) groups is 1. The number of fused-ring (bicyclic) bond motifs is 1. The van der Waals surface area contributed by atoms with Gasteiger partial charge in [-0.05, 0) is 54.1 Å². The maximum absolute atomic E-state index is 14.4. The Hall–Kier alpha value is -3.55. The molecule has 0 aliphatic carbocycles. The average molecular weight is 484 g/mol. The molecule has 0 spiro atoms. The molecule has 1 aliphatic rings. The molecular weight excluding hydrogens is 468 g/mol. The molecular formula is C24H16Cl2FN3O3. The topological polar surface area (TPSA) is 65.4 Å². The molecule has 6 nitrogen and oxygen atoms in total. The van der Waals surface area contributed by atoms with Crippen molar-refractivity contribution in [3.8, 4) is 28.4 Å². The highest BCUT2D eigenvalue weighted by Gasteiger charge is 2.20. The minimum Gasteiger partial charge on any atom is -0.454 e. The fourth-order valence-electron chi connectivity index (χ4n) is 3.48. The summed E-state index contributed by atoms with van der Waals surface area (Å²) in [4.78, 5) is 13.1. The lowest BCUT2D eigenvalue weighted by Crippen LogP contribution is -2.25. The van der Waals surface area contributed by atoms with E-state index in [0.29, 0.717) is 32.9 Å². The summed E-state index contributed by atoms with van der Waals surface area (Å²) >= 11 is 12.2. The van der Waals surface area contributed by atoms with Gasteiger partial charge in [-0.3, -0.25) is 4.79 Å². The van der Waals surface area contributed by atoms with E-state index in [9.17, 15) is 9.18 Å². The summed E-state index contributed by atoms with van der Waals surface area (Å²) in [5.41, 5.74) is 2.16. The van der Waals surface area contributed by atoms with Gasteiger partial charge >= 0.3 is 0 Å². The lowest BCUT2D eigenvalue weighted by Gasteiger charge is -2.10. The number of amides is 1. The Morgan fingerprint density at radius 3 is 2.64 bits per heavy atom. The van der Waals surface area contributed by atoms with Crippen LogP contribution in [0.1, 0.15) is 16.1 Å². The molecule has 0 atom stereocenters. The molecule has 1 aliphatic heterocycles. The Labute approximate surface area is 198 Å². The number of nitrogens with zero attached hydrogens (tertiary/aromatic N) is 2. The molecule has 9 heteroatoms. The molecule has 0 saturated carbocycles. The zero-order valence-electron chi connectivity index (χ0n) is 17.0. The van der Waals surface area contributed by atoms with Crippen LogP contribution in [-0.2, 0) is 6.54 Å². The number of aromatic nitrogens is 2. The molecule has 166 valence electrons. The van der Waals surface area contributed by atoms with Crippen molar-refractivity contribution < 1.29 is 18.7 Å². The van der Waals surface area contributed by atoms with Crippen LogP contribution in [0, 0.1) is 5.82 Å². The second-order valence-electron chi connectivity index (χ2n) is 7.28. The van der Waals surface area contributed by atoms with Gasteiger partial charge in [0.1, 0.15) is 11.5 Å². The quantitative estimate of drug-likeness (QED) is 0.398. The molecule has 0 radical (unpaired) electrons. The first-order chi connectivity index (χ1) is 16.0. The highest BCUT2D eigenvalue weighted by Crippen LogP contribution is 2.32. The van der Waals surface area contributed by atoms with Gasteiger partial charge in [-0.1, -0.05) is 41.4 Å². The number of ether oxygens (including phenoxy) is 2. The van der Waals surface area contributed by atoms with Crippen molar-refractivity contribution in [3.63, 3.8) is 0 Å². The minimum atomic E-state index is -0.441. The first kappa shape index (κ1) is 21.3. The molecule has 33 heavy (non-hydrogen) atoms. The molecule has 0 bridgehead atoms. The Morgan fingerprint density at radius 1 is 1.00 bits per heavy atom. The van der Waals surface area contributed by atoms with Crippen molar-refractivity contribution in [2.75, 3.05) is 6.79 Å². The zero-order valence-corrected chi connectivity index (χ0v) is 18.5. The Balaban J connectivity index is 1.48. The van der Waals surface area contributed by atoms with Gasteiger partial charge in [0.2, 0.25) is 6.79 Å². The van der Waals surface area contributed by atoms with Gasteiger partial charge in [-0.2, -0.15) is 5.10 Å². The highest BCUT2D eigenvalue weighted by molar-refractivity contribution is 6.42. The van der Waals surface area contributed by atoms with Crippen LogP contribution in [0.2, 0.25) is 10.0 Å². The number of halogens is 3. The minimum absolute atomic E-state index is 0.173. The standard InChI is InChI=1S/C24H16Cl2FN3O3/c25-17-7-6-15(10-18(17)26)30-21(11-20(29-30)16-3-1-2-4-19(16)27)24(31)28-12-14-5-8-22-23(9-14)33-13-32-22/h1-11H,12-13H2,(H,28,31). The van der Waals surface area contributed by atoms with Crippen molar-refractivity contribution in [1.29, 1.82) is 0 Å². The monoisotopic (exact) mass is 483 g/mol. The van der Waals surface area contributed by atoms with E-state index in [1.54, 1.807) is 42.5 Å². The second kappa shape index (κ2) is 8.77. The second-order valence-corrected chi connectivity index (χ2v) is 8.09. The van der Waals surface area contributed by atoms with E-state index in [4.69, 9.17) is 32.7 Å². The largest absolute Gasteiger partial charge is 0.454 e. The number of nitrogens with one attached hydrogen (secondary N) is 1. The third-order valence-electron chi connectivity index (χ3n) is 5.13. The summed E-state index contributed by atoms with van der Waals surface area (Å²) in [7, 11) is 0. The van der Waals surface area contributed by atoms with Crippen LogP contribution in [0.25, 0.3) is 16.9 Å². The van der Waals surface area contributed by atoms with E-state index >= 15 is 0 Å². The van der Waals surface area contributed by atoms with E-state index in [2.05, 4.69) is 10.4 Å². The van der Waals surface area contributed by atoms with Crippen LogP contribution in [-0.4, -0.2) is 22.5 Å². The third-order valence-corrected chi connectivity index (χ3v) is 5.87. The van der Waals surface area contributed by atoms with Gasteiger partial charge in [0.25, 0.3) is 5.91 Å². The summed E-state index contributed by atoms with van der Waals surface area (Å²) in [6.07, 6.45) is 0. The average Bonchev–Trinajstić information content (AvgIpc) is 3.46. The van der Waals surface area contributed by atoms with Crippen molar-refractivity contribution in [1.82, 2.24) is 15.1 Å². The van der Waals surface area contributed by atoms with Crippen LogP contribution in [0.5, 0.6) is 11.5 Å². The summed E-state index contributed by atoms with van der Waals surface area (Å²) in [5, 5.41) is 8.04. The first-order valence-corrected chi connectivity index (χ1v) is 10.7. The Kier molecular flexibility index (Phi) is 5.66. The lowest BCUT2D eigenvalue weighted by molar-refractivity contribution is 0.0943. The SMILES string of the molecule is O=C(NCc1ccc2c(c1)OCO2)c1cc(-c2ccccc2F)nn1-c1ccc(Cl)c(Cl)c1. The summed E-state index contributed by atoms with van der Waals surface area (Å²) in [5.74, 6) is 0.458. The van der Waals surface area contributed by atoms with E-state index in [0.717, 1.165) is 5.56 Å².